The largest absolute Gasteiger partial charge is 0.316 e. The molecule has 1 N–H and O–H groups in total. The number of aromatic nitrogens is 1. The molecular formula is C29H21FN4OS2. The van der Waals surface area contributed by atoms with Gasteiger partial charge in [-0.15, -0.1) is 11.3 Å². The van der Waals surface area contributed by atoms with Crippen LogP contribution < -0.4 is 5.32 Å². The molecule has 2 aromatic heterocycles. The van der Waals surface area contributed by atoms with E-state index in [-0.39, 0.29) is 17.5 Å². The highest BCUT2D eigenvalue weighted by Crippen LogP contribution is 2.38. The number of thiophene rings is 1. The fraction of sp³-hybridized carbons (Fsp3) is 0.172. The number of halogens is 1. The minimum atomic E-state index is -0.348. The fourth-order valence-electron chi connectivity index (χ4n) is 4.42. The molecule has 0 atom stereocenters. The molecule has 0 saturated carbocycles. The highest BCUT2D eigenvalue weighted by Gasteiger charge is 2.22. The van der Waals surface area contributed by atoms with Crippen LogP contribution in [0, 0.1) is 28.5 Å². The van der Waals surface area contributed by atoms with Crippen LogP contribution in [0.2, 0.25) is 0 Å². The van der Waals surface area contributed by atoms with Crippen molar-refractivity contribution >= 4 is 34.0 Å². The zero-order valence-electron chi connectivity index (χ0n) is 19.8. The van der Waals surface area contributed by atoms with Crippen molar-refractivity contribution in [2.24, 2.45) is 0 Å². The zero-order valence-corrected chi connectivity index (χ0v) is 21.4. The van der Waals surface area contributed by atoms with E-state index in [0.717, 1.165) is 36.8 Å². The Labute approximate surface area is 222 Å². The van der Waals surface area contributed by atoms with Crippen LogP contribution >= 0.6 is 23.1 Å². The van der Waals surface area contributed by atoms with Gasteiger partial charge in [0.2, 0.25) is 5.91 Å². The highest BCUT2D eigenvalue weighted by atomic mass is 32.2. The molecule has 0 saturated heterocycles. The van der Waals surface area contributed by atoms with Gasteiger partial charge < -0.3 is 5.32 Å². The van der Waals surface area contributed by atoms with Crippen LogP contribution in [0.1, 0.15) is 34.4 Å². The van der Waals surface area contributed by atoms with E-state index in [1.807, 2.05) is 36.4 Å². The van der Waals surface area contributed by atoms with Crippen LogP contribution in [0.25, 0.3) is 22.4 Å². The minimum absolute atomic E-state index is 0.0240. The van der Waals surface area contributed by atoms with E-state index in [1.54, 1.807) is 12.1 Å². The van der Waals surface area contributed by atoms with E-state index in [0.29, 0.717) is 38.0 Å². The molecule has 0 unspecified atom stereocenters. The van der Waals surface area contributed by atoms with E-state index in [2.05, 4.69) is 22.4 Å². The maximum atomic E-state index is 13.5. The third-order valence-electron chi connectivity index (χ3n) is 6.20. The summed E-state index contributed by atoms with van der Waals surface area (Å²) in [6.07, 6.45) is 3.96. The molecule has 0 bridgehead atoms. The van der Waals surface area contributed by atoms with Crippen LogP contribution in [0.4, 0.5) is 9.39 Å². The van der Waals surface area contributed by atoms with E-state index < -0.39 is 0 Å². The molecule has 1 aliphatic carbocycles. The number of aryl methyl sites for hydroxylation is 1. The van der Waals surface area contributed by atoms with Gasteiger partial charge >= 0.3 is 0 Å². The number of thioether (sulfide) groups is 1. The maximum Gasteiger partial charge on any atom is 0.235 e. The van der Waals surface area contributed by atoms with E-state index in [4.69, 9.17) is 0 Å². The molecule has 8 heteroatoms. The molecule has 0 fully saturated rings. The average Bonchev–Trinajstić information content (AvgIpc) is 3.29. The van der Waals surface area contributed by atoms with Crippen molar-refractivity contribution in [2.45, 2.75) is 30.7 Å². The first-order chi connectivity index (χ1) is 18.1. The Hall–Kier alpha value is -3.98. The van der Waals surface area contributed by atoms with Crippen LogP contribution in [0.3, 0.4) is 0 Å². The lowest BCUT2D eigenvalue weighted by Gasteiger charge is -2.12. The highest BCUT2D eigenvalue weighted by molar-refractivity contribution is 8.00. The number of anilines is 1. The van der Waals surface area contributed by atoms with Crippen molar-refractivity contribution in [3.63, 3.8) is 0 Å². The van der Waals surface area contributed by atoms with E-state index in [9.17, 15) is 19.7 Å². The Kier molecular flexibility index (Phi) is 7.32. The average molecular weight is 525 g/mol. The molecule has 2 heterocycles. The van der Waals surface area contributed by atoms with E-state index >= 15 is 0 Å². The van der Waals surface area contributed by atoms with Crippen molar-refractivity contribution in [3.8, 4) is 34.5 Å². The lowest BCUT2D eigenvalue weighted by Crippen LogP contribution is -2.14. The van der Waals surface area contributed by atoms with Crippen LogP contribution in [0.15, 0.2) is 65.7 Å². The molecule has 0 spiro atoms. The van der Waals surface area contributed by atoms with E-state index in [1.165, 1.54) is 40.1 Å². The maximum absolute atomic E-state index is 13.5. The number of hydrogen-bond donors (Lipinski definition) is 1. The normalized spacial score (nSPS) is 12.3. The van der Waals surface area contributed by atoms with Crippen molar-refractivity contribution < 1.29 is 9.18 Å². The standard InChI is InChI=1S/C29H21FN4OS2/c30-20-12-10-19(11-13-20)25-14-22(18-6-2-1-3-7-18)24(16-32)28(33-25)36-17-27(35)34-29-23(15-31)21-8-4-5-9-26(21)37-29/h1-3,6-7,10-14H,4-5,8-9,17H2,(H,34,35). The van der Waals surface area contributed by atoms with Gasteiger partial charge in [-0.1, -0.05) is 42.1 Å². The van der Waals surface area contributed by atoms with Gasteiger partial charge in [0.1, 0.15) is 28.0 Å². The Morgan fingerprint density at radius 3 is 2.46 bits per heavy atom. The summed E-state index contributed by atoms with van der Waals surface area (Å²) in [6.45, 7) is 0. The lowest BCUT2D eigenvalue weighted by molar-refractivity contribution is -0.113. The third-order valence-corrected chi connectivity index (χ3v) is 8.38. The third kappa shape index (κ3) is 5.27. The van der Waals surface area contributed by atoms with Gasteiger partial charge in [-0.3, -0.25) is 4.79 Å². The number of amides is 1. The summed E-state index contributed by atoms with van der Waals surface area (Å²) in [4.78, 5) is 18.8. The van der Waals surface area contributed by atoms with Crippen molar-refractivity contribution in [3.05, 3.63) is 88.0 Å². The number of pyridine rings is 1. The summed E-state index contributed by atoms with van der Waals surface area (Å²) in [7, 11) is 0. The second-order valence-corrected chi connectivity index (χ2v) is 10.7. The SMILES string of the molecule is N#Cc1c(-c2ccccc2)cc(-c2ccc(F)cc2)nc1SCC(=O)Nc1sc2c(c1C#N)CCCC2. The van der Waals surface area contributed by atoms with Gasteiger partial charge in [0, 0.05) is 16.0 Å². The number of nitrogens with one attached hydrogen (secondary N) is 1. The molecule has 5 nitrogen and oxygen atoms in total. The molecule has 5 rings (SSSR count). The van der Waals surface area contributed by atoms with Crippen molar-refractivity contribution in [1.82, 2.24) is 4.98 Å². The number of rotatable bonds is 6. The number of nitriles is 2. The predicted molar refractivity (Wildman–Crippen MR) is 145 cm³/mol. The first-order valence-electron chi connectivity index (χ1n) is 11.8. The molecule has 1 amide bonds. The number of benzene rings is 2. The van der Waals surface area contributed by atoms with Gasteiger partial charge in [0.05, 0.1) is 22.6 Å². The minimum Gasteiger partial charge on any atom is -0.316 e. The quantitative estimate of drug-likeness (QED) is 0.275. The summed E-state index contributed by atoms with van der Waals surface area (Å²) < 4.78 is 13.5. The summed E-state index contributed by atoms with van der Waals surface area (Å²) >= 11 is 2.65. The first-order valence-corrected chi connectivity index (χ1v) is 13.6. The molecule has 37 heavy (non-hydrogen) atoms. The lowest BCUT2D eigenvalue weighted by atomic mass is 9.96. The van der Waals surface area contributed by atoms with Gasteiger partial charge in [-0.05, 0) is 67.1 Å². The predicted octanol–water partition coefficient (Wildman–Crippen LogP) is 6.97. The second-order valence-electron chi connectivity index (χ2n) is 8.58. The summed E-state index contributed by atoms with van der Waals surface area (Å²) in [5.41, 5.74) is 4.83. The Balaban J connectivity index is 1.45. The number of nitrogens with zero attached hydrogens (tertiary/aromatic N) is 3. The molecule has 1 aliphatic rings. The van der Waals surface area contributed by atoms with Gasteiger partial charge in [-0.2, -0.15) is 10.5 Å². The molecule has 0 radical (unpaired) electrons. The summed E-state index contributed by atoms with van der Waals surface area (Å²) in [5, 5.41) is 23.6. The Morgan fingerprint density at radius 1 is 1.00 bits per heavy atom. The second kappa shape index (κ2) is 11.0. The number of carbonyl (C=O) groups is 1. The molecular weight excluding hydrogens is 503 g/mol. The fourth-order valence-corrected chi connectivity index (χ4v) is 6.48. The molecule has 4 aromatic rings. The number of carbonyl (C=O) groups excluding carboxylic acids is 1. The topological polar surface area (TPSA) is 89.6 Å². The van der Waals surface area contributed by atoms with Crippen molar-refractivity contribution in [1.29, 1.82) is 10.5 Å². The molecule has 182 valence electrons. The van der Waals surface area contributed by atoms with Gasteiger partial charge in [-0.25, -0.2) is 9.37 Å². The number of fused-ring (bicyclic) bond motifs is 1. The monoisotopic (exact) mass is 524 g/mol. The molecule has 0 aliphatic heterocycles. The zero-order chi connectivity index (χ0) is 25.8. The van der Waals surface area contributed by atoms with Gasteiger partial charge in [0.25, 0.3) is 0 Å². The van der Waals surface area contributed by atoms with Crippen LogP contribution in [-0.4, -0.2) is 16.6 Å². The van der Waals surface area contributed by atoms with Crippen LogP contribution in [0.5, 0.6) is 0 Å². The summed E-state index contributed by atoms with van der Waals surface area (Å²) in [6, 6.07) is 21.9. The first kappa shape index (κ1) is 24.7. The Morgan fingerprint density at radius 2 is 1.73 bits per heavy atom. The van der Waals surface area contributed by atoms with Crippen molar-refractivity contribution in [2.75, 3.05) is 11.1 Å². The number of hydrogen-bond acceptors (Lipinski definition) is 6. The van der Waals surface area contributed by atoms with Crippen LogP contribution in [-0.2, 0) is 17.6 Å². The Bertz CT molecular complexity index is 1550. The summed E-state index contributed by atoms with van der Waals surface area (Å²) in [5.74, 6) is -0.589. The van der Waals surface area contributed by atoms with Gasteiger partial charge in [0.15, 0.2) is 0 Å². The molecule has 2 aromatic carbocycles. The smallest absolute Gasteiger partial charge is 0.235 e.